The van der Waals surface area contributed by atoms with Gasteiger partial charge in [0, 0.05) is 29.2 Å². The molecule has 6 heteroatoms. The number of hydrogen-bond acceptors (Lipinski definition) is 2. The van der Waals surface area contributed by atoms with Crippen molar-refractivity contribution >= 4 is 11.8 Å². The first-order chi connectivity index (χ1) is 8.38. The minimum absolute atomic E-state index is 0.00864. The Morgan fingerprint density at radius 1 is 1.50 bits per heavy atom. The van der Waals surface area contributed by atoms with Crippen LogP contribution >= 0.6 is 11.8 Å². The van der Waals surface area contributed by atoms with E-state index in [1.807, 2.05) is 17.6 Å². The third-order valence-electron chi connectivity index (χ3n) is 3.28. The summed E-state index contributed by atoms with van der Waals surface area (Å²) in [5.41, 5.74) is -1.32. The number of aryl methyl sites for hydroxylation is 1. The highest BCUT2D eigenvalue weighted by atomic mass is 32.2. The van der Waals surface area contributed by atoms with Gasteiger partial charge < -0.3 is 9.67 Å². The van der Waals surface area contributed by atoms with Crippen molar-refractivity contribution < 1.29 is 18.3 Å². The van der Waals surface area contributed by atoms with Crippen molar-refractivity contribution in [2.45, 2.75) is 44.3 Å². The summed E-state index contributed by atoms with van der Waals surface area (Å²) in [5, 5.41) is 9.86. The van der Waals surface area contributed by atoms with Crippen LogP contribution < -0.4 is 0 Å². The van der Waals surface area contributed by atoms with Gasteiger partial charge in [-0.1, -0.05) is 0 Å². The second kappa shape index (κ2) is 5.17. The van der Waals surface area contributed by atoms with Gasteiger partial charge in [0.15, 0.2) is 0 Å². The van der Waals surface area contributed by atoms with E-state index in [1.165, 1.54) is 0 Å². The quantitative estimate of drug-likeness (QED) is 0.917. The molecule has 0 amide bonds. The van der Waals surface area contributed by atoms with E-state index in [9.17, 15) is 18.3 Å². The maximum absolute atomic E-state index is 12.1. The van der Waals surface area contributed by atoms with Crippen molar-refractivity contribution in [1.29, 1.82) is 0 Å². The topological polar surface area (TPSA) is 25.2 Å². The lowest BCUT2D eigenvalue weighted by Gasteiger charge is -2.20. The van der Waals surface area contributed by atoms with Crippen LogP contribution in [0.1, 0.15) is 35.9 Å². The lowest BCUT2D eigenvalue weighted by atomic mass is 9.95. The molecule has 0 aliphatic heterocycles. The number of halogens is 3. The summed E-state index contributed by atoms with van der Waals surface area (Å²) in [6.45, 7) is 2.22. The minimum atomic E-state index is -4.17. The molecule has 1 aliphatic carbocycles. The normalized spacial score (nSPS) is 19.9. The zero-order chi connectivity index (χ0) is 13.3. The molecule has 18 heavy (non-hydrogen) atoms. The standard InChI is InChI=1S/C12H16F3NOS/c1-8-7-9-10(3-2-4-11(9)17)16(8)5-6-18-12(13,14)15/h7,11,17H,2-6H2,1H3. The zero-order valence-corrected chi connectivity index (χ0v) is 10.9. The lowest BCUT2D eigenvalue weighted by Crippen LogP contribution is -2.14. The number of rotatable bonds is 3. The summed E-state index contributed by atoms with van der Waals surface area (Å²) in [5.74, 6) is 0.0154. The fourth-order valence-electron chi connectivity index (χ4n) is 2.51. The maximum Gasteiger partial charge on any atom is 0.441 e. The molecule has 1 atom stereocenters. The Morgan fingerprint density at radius 3 is 2.89 bits per heavy atom. The molecule has 2 nitrogen and oxygen atoms in total. The summed E-state index contributed by atoms with van der Waals surface area (Å²) in [4.78, 5) is 0. The number of fused-ring (bicyclic) bond motifs is 1. The number of nitrogens with zero attached hydrogens (tertiary/aromatic N) is 1. The van der Waals surface area contributed by atoms with Crippen LogP contribution in [-0.2, 0) is 13.0 Å². The fourth-order valence-corrected chi connectivity index (χ4v) is 3.01. The van der Waals surface area contributed by atoms with Crippen LogP contribution in [0, 0.1) is 6.92 Å². The van der Waals surface area contributed by atoms with E-state index in [4.69, 9.17) is 0 Å². The van der Waals surface area contributed by atoms with Crippen LogP contribution in [0.4, 0.5) is 13.2 Å². The van der Waals surface area contributed by atoms with E-state index in [0.29, 0.717) is 6.54 Å². The minimum Gasteiger partial charge on any atom is -0.388 e. The van der Waals surface area contributed by atoms with E-state index < -0.39 is 11.6 Å². The van der Waals surface area contributed by atoms with Crippen LogP contribution in [-0.4, -0.2) is 20.9 Å². The summed E-state index contributed by atoms with van der Waals surface area (Å²) in [7, 11) is 0. The Hall–Kier alpha value is -0.620. The highest BCUT2D eigenvalue weighted by molar-refractivity contribution is 8.00. The number of alkyl halides is 3. The van der Waals surface area contributed by atoms with Gasteiger partial charge in [-0.3, -0.25) is 0 Å². The Bertz CT molecular complexity index is 428. The summed E-state index contributed by atoms with van der Waals surface area (Å²) < 4.78 is 38.2. The molecule has 0 radical (unpaired) electrons. The Balaban J connectivity index is 2.09. The molecule has 1 heterocycles. The Kier molecular flexibility index (Phi) is 3.96. The molecule has 102 valence electrons. The monoisotopic (exact) mass is 279 g/mol. The van der Waals surface area contributed by atoms with Crippen molar-refractivity contribution in [3.63, 3.8) is 0 Å². The molecule has 1 N–H and O–H groups in total. The van der Waals surface area contributed by atoms with Crippen molar-refractivity contribution in [2.24, 2.45) is 0 Å². The van der Waals surface area contributed by atoms with Gasteiger partial charge in [0.2, 0.25) is 0 Å². The first kappa shape index (κ1) is 13.8. The first-order valence-electron chi connectivity index (χ1n) is 5.96. The molecule has 0 aromatic carbocycles. The van der Waals surface area contributed by atoms with Crippen LogP contribution in [0.5, 0.6) is 0 Å². The summed E-state index contributed by atoms with van der Waals surface area (Å²) in [6, 6.07) is 1.90. The van der Waals surface area contributed by atoms with E-state index in [1.54, 1.807) is 0 Å². The molecular weight excluding hydrogens is 263 g/mol. The smallest absolute Gasteiger partial charge is 0.388 e. The van der Waals surface area contributed by atoms with Gasteiger partial charge in [-0.2, -0.15) is 13.2 Å². The van der Waals surface area contributed by atoms with Gasteiger partial charge in [0.1, 0.15) is 0 Å². The van der Waals surface area contributed by atoms with Crippen LogP contribution in [0.15, 0.2) is 6.07 Å². The number of aliphatic hydroxyl groups is 1. The average molecular weight is 279 g/mol. The predicted molar refractivity (Wildman–Crippen MR) is 65.6 cm³/mol. The highest BCUT2D eigenvalue weighted by Gasteiger charge is 2.28. The molecule has 0 saturated carbocycles. The number of thioether (sulfide) groups is 1. The molecular formula is C12H16F3NOS. The molecule has 0 spiro atoms. The van der Waals surface area contributed by atoms with Crippen molar-refractivity contribution in [3.05, 3.63) is 23.0 Å². The van der Waals surface area contributed by atoms with Crippen molar-refractivity contribution in [1.82, 2.24) is 4.57 Å². The summed E-state index contributed by atoms with van der Waals surface area (Å²) >= 11 is 0.00864. The van der Waals surface area contributed by atoms with Crippen molar-refractivity contribution in [2.75, 3.05) is 5.75 Å². The Labute approximate surface area is 108 Å². The van der Waals surface area contributed by atoms with E-state index in [-0.39, 0.29) is 17.5 Å². The van der Waals surface area contributed by atoms with Gasteiger partial charge in [-0.25, -0.2) is 0 Å². The van der Waals surface area contributed by atoms with Crippen LogP contribution in [0.25, 0.3) is 0 Å². The summed E-state index contributed by atoms with van der Waals surface area (Å²) in [6.07, 6.45) is 2.03. The van der Waals surface area contributed by atoms with E-state index in [2.05, 4.69) is 0 Å². The van der Waals surface area contributed by atoms with Crippen LogP contribution in [0.2, 0.25) is 0 Å². The fraction of sp³-hybridized carbons (Fsp3) is 0.667. The molecule has 0 fully saturated rings. The molecule has 1 aromatic heterocycles. The first-order valence-corrected chi connectivity index (χ1v) is 6.94. The van der Waals surface area contributed by atoms with Crippen molar-refractivity contribution in [3.8, 4) is 0 Å². The van der Waals surface area contributed by atoms with Gasteiger partial charge in [-0.05, 0) is 44.0 Å². The van der Waals surface area contributed by atoms with E-state index in [0.717, 1.165) is 36.2 Å². The molecule has 2 rings (SSSR count). The number of aromatic nitrogens is 1. The van der Waals surface area contributed by atoms with Gasteiger partial charge in [0.05, 0.1) is 6.10 Å². The molecule has 1 aromatic rings. The van der Waals surface area contributed by atoms with Gasteiger partial charge in [0.25, 0.3) is 0 Å². The zero-order valence-electron chi connectivity index (χ0n) is 10.1. The number of hydrogen-bond donors (Lipinski definition) is 1. The van der Waals surface area contributed by atoms with E-state index >= 15 is 0 Å². The average Bonchev–Trinajstić information content (AvgIpc) is 2.56. The molecule has 0 bridgehead atoms. The SMILES string of the molecule is Cc1cc2c(n1CCSC(F)(F)F)CCCC2O. The molecule has 0 saturated heterocycles. The largest absolute Gasteiger partial charge is 0.441 e. The maximum atomic E-state index is 12.1. The lowest BCUT2D eigenvalue weighted by molar-refractivity contribution is -0.0328. The second-order valence-corrected chi connectivity index (χ2v) is 5.70. The highest BCUT2D eigenvalue weighted by Crippen LogP contribution is 2.34. The Morgan fingerprint density at radius 2 is 2.22 bits per heavy atom. The molecule has 1 unspecified atom stereocenters. The molecule has 1 aliphatic rings. The van der Waals surface area contributed by atoms with Crippen LogP contribution in [0.3, 0.4) is 0 Å². The van der Waals surface area contributed by atoms with Gasteiger partial charge in [-0.15, -0.1) is 0 Å². The predicted octanol–water partition coefficient (Wildman–Crippen LogP) is 3.42. The number of aliphatic hydroxyl groups excluding tert-OH is 1. The third kappa shape index (κ3) is 3.03. The van der Waals surface area contributed by atoms with Gasteiger partial charge >= 0.3 is 5.51 Å². The third-order valence-corrected chi connectivity index (χ3v) is 3.99. The second-order valence-electron chi connectivity index (χ2n) is 4.54.